The summed E-state index contributed by atoms with van der Waals surface area (Å²) >= 11 is 0. The zero-order chi connectivity index (χ0) is 25.3. The number of nitrogens with zero attached hydrogens (tertiary/aromatic N) is 3. The van der Waals surface area contributed by atoms with E-state index in [9.17, 15) is 18.8 Å². The van der Waals surface area contributed by atoms with Gasteiger partial charge in [0.1, 0.15) is 5.82 Å². The predicted octanol–water partition coefficient (Wildman–Crippen LogP) is 4.13. The number of pyridine rings is 1. The van der Waals surface area contributed by atoms with Crippen LogP contribution in [0.1, 0.15) is 47.4 Å². The predicted molar refractivity (Wildman–Crippen MR) is 132 cm³/mol. The summed E-state index contributed by atoms with van der Waals surface area (Å²) in [4.78, 5) is 47.7. The average molecular weight is 486 g/mol. The first-order valence-corrected chi connectivity index (χ1v) is 12.2. The lowest BCUT2D eigenvalue weighted by molar-refractivity contribution is -0.143. The van der Waals surface area contributed by atoms with Gasteiger partial charge >= 0.3 is 0 Å². The largest absolute Gasteiger partial charge is 0.342 e. The van der Waals surface area contributed by atoms with Crippen molar-refractivity contribution in [3.63, 3.8) is 0 Å². The number of imide groups is 1. The third-order valence-electron chi connectivity index (χ3n) is 7.50. The van der Waals surface area contributed by atoms with Gasteiger partial charge in [-0.2, -0.15) is 0 Å². The van der Waals surface area contributed by atoms with Gasteiger partial charge in [-0.05, 0) is 53.8 Å². The van der Waals surface area contributed by atoms with Crippen LogP contribution in [0.3, 0.4) is 0 Å². The number of aromatic nitrogens is 1. The molecule has 2 aliphatic heterocycles. The number of carbonyl (C=O) groups is 3. The summed E-state index contributed by atoms with van der Waals surface area (Å²) in [5.41, 5.74) is 1.72. The Morgan fingerprint density at radius 3 is 2.53 bits per heavy atom. The fourth-order valence-electron chi connectivity index (χ4n) is 5.60. The van der Waals surface area contributed by atoms with Crippen molar-refractivity contribution in [2.24, 2.45) is 0 Å². The normalized spacial score (nSPS) is 21.9. The minimum Gasteiger partial charge on any atom is -0.342 e. The molecule has 2 unspecified atom stereocenters. The monoisotopic (exact) mass is 485 g/mol. The van der Waals surface area contributed by atoms with Gasteiger partial charge in [0.25, 0.3) is 0 Å². The van der Waals surface area contributed by atoms with Gasteiger partial charge < -0.3 is 4.90 Å². The Balaban J connectivity index is 1.42. The number of rotatable bonds is 6. The van der Waals surface area contributed by atoms with E-state index < -0.39 is 5.41 Å². The van der Waals surface area contributed by atoms with Gasteiger partial charge in [-0.1, -0.05) is 42.5 Å². The van der Waals surface area contributed by atoms with Crippen LogP contribution < -0.4 is 0 Å². The average Bonchev–Trinajstić information content (AvgIpc) is 3.45. The summed E-state index contributed by atoms with van der Waals surface area (Å²) in [6, 6.07) is 17.7. The highest BCUT2D eigenvalue weighted by molar-refractivity contribution is 6.10. The summed E-state index contributed by atoms with van der Waals surface area (Å²) in [7, 11) is 0. The van der Waals surface area contributed by atoms with Crippen LogP contribution in [0, 0.1) is 12.7 Å². The van der Waals surface area contributed by atoms with Gasteiger partial charge in [0, 0.05) is 44.2 Å². The molecule has 0 saturated carbocycles. The van der Waals surface area contributed by atoms with E-state index in [1.807, 2.05) is 31.2 Å². The second kappa shape index (κ2) is 9.64. The first-order valence-electron chi connectivity index (χ1n) is 12.2. The van der Waals surface area contributed by atoms with E-state index in [-0.39, 0.29) is 48.8 Å². The van der Waals surface area contributed by atoms with Crippen molar-refractivity contribution in [3.05, 3.63) is 101 Å². The van der Waals surface area contributed by atoms with Crippen molar-refractivity contribution < 1.29 is 18.8 Å². The number of likely N-dealkylation sites (tertiary alicyclic amines) is 2. The van der Waals surface area contributed by atoms with Gasteiger partial charge in [0.05, 0.1) is 12.0 Å². The van der Waals surface area contributed by atoms with Crippen molar-refractivity contribution in [1.82, 2.24) is 14.8 Å². The maximum absolute atomic E-state index is 14.3. The molecule has 0 aliphatic carbocycles. The Morgan fingerprint density at radius 1 is 1.06 bits per heavy atom. The molecule has 3 aromatic rings. The lowest BCUT2D eigenvalue weighted by Gasteiger charge is -2.30. The molecule has 0 N–H and O–H groups in total. The van der Waals surface area contributed by atoms with Crippen LogP contribution in [-0.4, -0.2) is 45.6 Å². The molecule has 3 amide bonds. The van der Waals surface area contributed by atoms with Crippen LogP contribution in [0.2, 0.25) is 0 Å². The minimum atomic E-state index is -1.26. The molecule has 7 heteroatoms. The Labute approximate surface area is 209 Å². The molecule has 5 rings (SSSR count). The standard InChI is InChI=1S/C29H28FN3O3/c1-20-6-2-4-8-24(20)29(17-27(35)33(28(29)36)18-21-10-13-31-14-11-21)16-26(34)32-15-12-22(19-32)23-7-3-5-9-25(23)30/h2-11,13-14,22H,12,15-19H2,1H3. The maximum atomic E-state index is 14.3. The molecular formula is C29H28FN3O3. The summed E-state index contributed by atoms with van der Waals surface area (Å²) in [6.45, 7) is 2.92. The third kappa shape index (κ3) is 4.30. The summed E-state index contributed by atoms with van der Waals surface area (Å²) in [6.07, 6.45) is 3.75. The Hall–Kier alpha value is -3.87. The van der Waals surface area contributed by atoms with E-state index >= 15 is 0 Å². The van der Waals surface area contributed by atoms with Crippen LogP contribution in [0.5, 0.6) is 0 Å². The molecule has 1 aromatic heterocycles. The molecule has 0 radical (unpaired) electrons. The second-order valence-corrected chi connectivity index (χ2v) is 9.74. The zero-order valence-corrected chi connectivity index (χ0v) is 20.2. The van der Waals surface area contributed by atoms with E-state index in [1.165, 1.54) is 11.0 Å². The van der Waals surface area contributed by atoms with Gasteiger partial charge in [0.15, 0.2) is 0 Å². The zero-order valence-electron chi connectivity index (χ0n) is 20.2. The molecule has 2 saturated heterocycles. The van der Waals surface area contributed by atoms with Crippen molar-refractivity contribution in [2.45, 2.75) is 44.1 Å². The summed E-state index contributed by atoms with van der Waals surface area (Å²) in [5.74, 6) is -1.19. The van der Waals surface area contributed by atoms with E-state index in [1.54, 1.807) is 47.6 Å². The highest BCUT2D eigenvalue weighted by Gasteiger charge is 2.54. The van der Waals surface area contributed by atoms with Crippen molar-refractivity contribution in [1.29, 1.82) is 0 Å². The smallest absolute Gasteiger partial charge is 0.241 e. The topological polar surface area (TPSA) is 70.6 Å². The number of benzene rings is 2. The molecule has 0 spiro atoms. The van der Waals surface area contributed by atoms with Gasteiger partial charge in [-0.3, -0.25) is 24.3 Å². The van der Waals surface area contributed by atoms with Crippen LogP contribution in [0.15, 0.2) is 73.1 Å². The fourth-order valence-corrected chi connectivity index (χ4v) is 5.60. The Kier molecular flexibility index (Phi) is 6.39. The first-order chi connectivity index (χ1) is 17.4. The Morgan fingerprint density at radius 2 is 1.78 bits per heavy atom. The number of amides is 3. The van der Waals surface area contributed by atoms with Gasteiger partial charge in [-0.25, -0.2) is 4.39 Å². The molecule has 2 atom stereocenters. The molecule has 2 aromatic carbocycles. The van der Waals surface area contributed by atoms with Crippen molar-refractivity contribution >= 4 is 17.7 Å². The van der Waals surface area contributed by atoms with Crippen LogP contribution in [0.25, 0.3) is 0 Å². The number of carbonyl (C=O) groups excluding carboxylic acids is 3. The highest BCUT2D eigenvalue weighted by Crippen LogP contribution is 2.43. The quantitative estimate of drug-likeness (QED) is 0.493. The van der Waals surface area contributed by atoms with Crippen LogP contribution in [0.4, 0.5) is 4.39 Å². The second-order valence-electron chi connectivity index (χ2n) is 9.74. The number of aryl methyl sites for hydroxylation is 1. The van der Waals surface area contributed by atoms with E-state index in [0.717, 1.165) is 11.1 Å². The molecule has 6 nitrogen and oxygen atoms in total. The molecule has 36 heavy (non-hydrogen) atoms. The number of halogens is 1. The Bertz CT molecular complexity index is 1310. The molecule has 184 valence electrons. The van der Waals surface area contributed by atoms with Crippen LogP contribution >= 0.6 is 0 Å². The van der Waals surface area contributed by atoms with Crippen LogP contribution in [-0.2, 0) is 26.3 Å². The molecule has 2 fully saturated rings. The molecule has 0 bridgehead atoms. The lowest BCUT2D eigenvalue weighted by atomic mass is 9.74. The molecule has 3 heterocycles. The molecular weight excluding hydrogens is 457 g/mol. The van der Waals surface area contributed by atoms with Crippen molar-refractivity contribution in [2.75, 3.05) is 13.1 Å². The number of hydrogen-bond donors (Lipinski definition) is 0. The van der Waals surface area contributed by atoms with Gasteiger partial charge in [-0.15, -0.1) is 0 Å². The number of hydrogen-bond acceptors (Lipinski definition) is 4. The van der Waals surface area contributed by atoms with E-state index in [0.29, 0.717) is 30.6 Å². The fraction of sp³-hybridized carbons (Fsp3) is 0.310. The minimum absolute atomic E-state index is 0.0574. The van der Waals surface area contributed by atoms with Crippen molar-refractivity contribution in [3.8, 4) is 0 Å². The summed E-state index contributed by atoms with van der Waals surface area (Å²) in [5, 5.41) is 0. The lowest BCUT2D eigenvalue weighted by Crippen LogP contribution is -2.43. The summed E-state index contributed by atoms with van der Waals surface area (Å²) < 4.78 is 14.3. The third-order valence-corrected chi connectivity index (χ3v) is 7.50. The SMILES string of the molecule is Cc1ccccc1C1(CC(=O)N2CCC(c3ccccc3F)C2)CC(=O)N(Cc2ccncc2)C1=O. The van der Waals surface area contributed by atoms with E-state index in [4.69, 9.17) is 0 Å². The highest BCUT2D eigenvalue weighted by atomic mass is 19.1. The van der Waals surface area contributed by atoms with Gasteiger partial charge in [0.2, 0.25) is 17.7 Å². The van der Waals surface area contributed by atoms with E-state index in [2.05, 4.69) is 4.98 Å². The molecule has 2 aliphatic rings. The maximum Gasteiger partial charge on any atom is 0.241 e. The first kappa shape index (κ1) is 23.9.